The van der Waals surface area contributed by atoms with E-state index in [9.17, 15) is 8.78 Å². The third kappa shape index (κ3) is 5.41. The van der Waals surface area contributed by atoms with Gasteiger partial charge in [0.05, 0.1) is 0 Å². The number of aromatic amines is 1. The van der Waals surface area contributed by atoms with Crippen LogP contribution >= 0.6 is 24.0 Å². The Hall–Kier alpha value is -2.16. The normalized spacial score (nSPS) is 11.3. The van der Waals surface area contributed by atoms with Crippen LogP contribution in [0, 0.1) is 18.6 Å². The molecule has 0 bridgehead atoms. The maximum atomic E-state index is 13.7. The molecule has 2 aromatic carbocycles. The van der Waals surface area contributed by atoms with Crippen molar-refractivity contribution in [2.24, 2.45) is 4.99 Å². The molecule has 0 aliphatic heterocycles. The standard InChI is InChI=1S/C20H22F2N4.HI/c1-13-3-5-17-14(11-25-19(17)9-13)7-8-24-20(23-2)26-12-15-10-16(21)4-6-18(15)22;/h3-6,9-11,25H,7-8,12H2,1-2H3,(H2,23,24,26);1H. The molecule has 27 heavy (non-hydrogen) atoms. The smallest absolute Gasteiger partial charge is 0.191 e. The van der Waals surface area contributed by atoms with Gasteiger partial charge < -0.3 is 15.6 Å². The van der Waals surface area contributed by atoms with Gasteiger partial charge in [0, 0.05) is 42.8 Å². The Morgan fingerprint density at radius 1 is 1.07 bits per heavy atom. The fourth-order valence-corrected chi connectivity index (χ4v) is 2.90. The van der Waals surface area contributed by atoms with Crippen LogP contribution in [0.25, 0.3) is 10.9 Å². The predicted molar refractivity (Wildman–Crippen MR) is 117 cm³/mol. The highest BCUT2D eigenvalue weighted by Gasteiger charge is 2.07. The molecule has 3 N–H and O–H groups in total. The van der Waals surface area contributed by atoms with E-state index >= 15 is 0 Å². The molecule has 0 amide bonds. The van der Waals surface area contributed by atoms with Crippen molar-refractivity contribution >= 4 is 40.8 Å². The second kappa shape index (κ2) is 9.68. The van der Waals surface area contributed by atoms with Gasteiger partial charge in [-0.05, 0) is 48.7 Å². The van der Waals surface area contributed by atoms with Crippen LogP contribution in [0.4, 0.5) is 8.78 Å². The summed E-state index contributed by atoms with van der Waals surface area (Å²) in [6.45, 7) is 2.90. The Labute approximate surface area is 174 Å². The lowest BCUT2D eigenvalue weighted by molar-refractivity contribution is 0.581. The van der Waals surface area contributed by atoms with Crippen molar-refractivity contribution in [3.63, 3.8) is 0 Å². The van der Waals surface area contributed by atoms with E-state index in [-0.39, 0.29) is 36.1 Å². The molecule has 0 radical (unpaired) electrons. The third-order valence-electron chi connectivity index (χ3n) is 4.29. The van der Waals surface area contributed by atoms with E-state index in [2.05, 4.69) is 45.7 Å². The third-order valence-corrected chi connectivity index (χ3v) is 4.29. The maximum absolute atomic E-state index is 13.7. The average molecular weight is 484 g/mol. The lowest BCUT2D eigenvalue weighted by Crippen LogP contribution is -2.38. The molecule has 4 nitrogen and oxygen atoms in total. The van der Waals surface area contributed by atoms with E-state index in [0.29, 0.717) is 12.5 Å². The summed E-state index contributed by atoms with van der Waals surface area (Å²) in [4.78, 5) is 7.41. The molecule has 0 saturated heterocycles. The second-order valence-electron chi connectivity index (χ2n) is 6.20. The van der Waals surface area contributed by atoms with E-state index in [0.717, 1.165) is 24.1 Å². The molecular weight excluding hydrogens is 461 g/mol. The van der Waals surface area contributed by atoms with Crippen LogP contribution < -0.4 is 10.6 Å². The van der Waals surface area contributed by atoms with Gasteiger partial charge in [-0.1, -0.05) is 12.1 Å². The van der Waals surface area contributed by atoms with Gasteiger partial charge in [-0.15, -0.1) is 24.0 Å². The van der Waals surface area contributed by atoms with Gasteiger partial charge in [0.1, 0.15) is 11.6 Å². The number of nitrogens with one attached hydrogen (secondary N) is 3. The van der Waals surface area contributed by atoms with Crippen molar-refractivity contribution < 1.29 is 8.78 Å². The van der Waals surface area contributed by atoms with Crippen molar-refractivity contribution in [2.75, 3.05) is 13.6 Å². The van der Waals surface area contributed by atoms with Gasteiger partial charge in [-0.2, -0.15) is 0 Å². The van der Waals surface area contributed by atoms with Gasteiger partial charge in [-0.3, -0.25) is 4.99 Å². The summed E-state index contributed by atoms with van der Waals surface area (Å²) in [6, 6.07) is 9.76. The summed E-state index contributed by atoms with van der Waals surface area (Å²) >= 11 is 0. The average Bonchev–Trinajstić information content (AvgIpc) is 3.02. The minimum atomic E-state index is -0.458. The van der Waals surface area contributed by atoms with Crippen LogP contribution in [0.15, 0.2) is 47.6 Å². The highest BCUT2D eigenvalue weighted by atomic mass is 127. The lowest BCUT2D eigenvalue weighted by atomic mass is 10.1. The van der Waals surface area contributed by atoms with Crippen LogP contribution in [0.2, 0.25) is 0 Å². The van der Waals surface area contributed by atoms with Crippen molar-refractivity contribution in [2.45, 2.75) is 19.9 Å². The van der Waals surface area contributed by atoms with Crippen molar-refractivity contribution in [3.8, 4) is 0 Å². The zero-order valence-corrected chi connectivity index (χ0v) is 17.6. The Bertz CT molecular complexity index is 937. The molecule has 0 unspecified atom stereocenters. The van der Waals surface area contributed by atoms with Crippen molar-refractivity contribution in [1.29, 1.82) is 0 Å². The summed E-state index contributed by atoms with van der Waals surface area (Å²) in [5.41, 5.74) is 3.83. The van der Waals surface area contributed by atoms with E-state index in [1.54, 1.807) is 7.05 Å². The number of aryl methyl sites for hydroxylation is 1. The quantitative estimate of drug-likeness (QED) is 0.288. The SMILES string of the molecule is CN=C(NCCc1c[nH]c2cc(C)ccc12)NCc1cc(F)ccc1F.I. The minimum Gasteiger partial charge on any atom is -0.361 e. The fourth-order valence-electron chi connectivity index (χ4n) is 2.90. The van der Waals surface area contributed by atoms with Crippen LogP contribution in [0.3, 0.4) is 0 Å². The van der Waals surface area contributed by atoms with Gasteiger partial charge in [0.25, 0.3) is 0 Å². The monoisotopic (exact) mass is 484 g/mol. The topological polar surface area (TPSA) is 52.2 Å². The number of fused-ring (bicyclic) bond motifs is 1. The van der Waals surface area contributed by atoms with E-state index in [1.807, 2.05) is 6.20 Å². The number of aliphatic imine (C=N–C) groups is 1. The van der Waals surface area contributed by atoms with Crippen LogP contribution in [0.1, 0.15) is 16.7 Å². The highest BCUT2D eigenvalue weighted by Crippen LogP contribution is 2.19. The summed E-state index contributed by atoms with van der Waals surface area (Å²) in [6.07, 6.45) is 2.84. The molecule has 3 aromatic rings. The summed E-state index contributed by atoms with van der Waals surface area (Å²) < 4.78 is 26.9. The number of H-pyrrole nitrogens is 1. The molecule has 0 fully saturated rings. The predicted octanol–water partition coefficient (Wildman–Crippen LogP) is 4.28. The van der Waals surface area contributed by atoms with Crippen LogP contribution in [-0.2, 0) is 13.0 Å². The molecule has 1 aromatic heterocycles. The molecule has 144 valence electrons. The fraction of sp³-hybridized carbons (Fsp3) is 0.250. The van der Waals surface area contributed by atoms with E-state index < -0.39 is 11.6 Å². The number of guanidine groups is 1. The maximum Gasteiger partial charge on any atom is 0.191 e. The first kappa shape index (κ1) is 21.1. The number of aromatic nitrogens is 1. The zero-order chi connectivity index (χ0) is 18.5. The van der Waals surface area contributed by atoms with Gasteiger partial charge >= 0.3 is 0 Å². The Balaban J connectivity index is 0.00000261. The molecule has 0 aliphatic carbocycles. The van der Waals surface area contributed by atoms with Crippen molar-refractivity contribution in [3.05, 3.63) is 70.9 Å². The van der Waals surface area contributed by atoms with Crippen molar-refractivity contribution in [1.82, 2.24) is 15.6 Å². The number of benzene rings is 2. The Morgan fingerprint density at radius 3 is 2.67 bits per heavy atom. The van der Waals surface area contributed by atoms with E-state index in [1.165, 1.54) is 22.6 Å². The number of hydrogen-bond donors (Lipinski definition) is 3. The number of halogens is 3. The molecule has 0 saturated carbocycles. The summed E-state index contributed by atoms with van der Waals surface area (Å²) in [7, 11) is 1.64. The first-order valence-corrected chi connectivity index (χ1v) is 8.52. The molecular formula is C20H23F2IN4. The Morgan fingerprint density at radius 2 is 1.89 bits per heavy atom. The number of nitrogens with zero attached hydrogens (tertiary/aromatic N) is 1. The Kier molecular flexibility index (Phi) is 7.58. The molecule has 0 atom stereocenters. The zero-order valence-electron chi connectivity index (χ0n) is 15.3. The first-order chi connectivity index (χ1) is 12.6. The van der Waals surface area contributed by atoms with E-state index in [4.69, 9.17) is 0 Å². The first-order valence-electron chi connectivity index (χ1n) is 8.52. The molecule has 1 heterocycles. The van der Waals surface area contributed by atoms with Gasteiger partial charge in [0.15, 0.2) is 5.96 Å². The van der Waals surface area contributed by atoms with Gasteiger partial charge in [-0.25, -0.2) is 8.78 Å². The lowest BCUT2D eigenvalue weighted by Gasteiger charge is -2.12. The van der Waals surface area contributed by atoms with Crippen LogP contribution in [-0.4, -0.2) is 24.5 Å². The molecule has 0 spiro atoms. The molecule has 7 heteroatoms. The molecule has 3 rings (SSSR count). The summed E-state index contributed by atoms with van der Waals surface area (Å²) in [5.74, 6) is -0.353. The summed E-state index contributed by atoms with van der Waals surface area (Å²) in [5, 5.41) is 7.41. The molecule has 0 aliphatic rings. The minimum absolute atomic E-state index is 0. The highest BCUT2D eigenvalue weighted by molar-refractivity contribution is 14.0. The second-order valence-corrected chi connectivity index (χ2v) is 6.20. The van der Waals surface area contributed by atoms with Crippen LogP contribution in [0.5, 0.6) is 0 Å². The number of hydrogen-bond acceptors (Lipinski definition) is 1. The number of rotatable bonds is 5. The van der Waals surface area contributed by atoms with Gasteiger partial charge in [0.2, 0.25) is 0 Å². The largest absolute Gasteiger partial charge is 0.361 e.